The summed E-state index contributed by atoms with van der Waals surface area (Å²) in [4.78, 5) is 11.8. The molecular formula is C19H23N2O3+. The third-order valence-corrected chi connectivity index (χ3v) is 4.55. The third kappa shape index (κ3) is 4.32. The molecule has 0 aliphatic carbocycles. The first-order valence-corrected chi connectivity index (χ1v) is 8.50. The minimum Gasteiger partial charge on any atom is -0.494 e. The lowest BCUT2D eigenvalue weighted by Crippen LogP contribution is -3.11. The average Bonchev–Trinajstić information content (AvgIpc) is 2.61. The Kier molecular flexibility index (Phi) is 5.43. The second kappa shape index (κ2) is 7.93. The third-order valence-electron chi connectivity index (χ3n) is 4.55. The minimum absolute atomic E-state index is 0.0938. The number of benzene rings is 2. The molecule has 2 aromatic carbocycles. The minimum atomic E-state index is -0.399. The Labute approximate surface area is 142 Å². The van der Waals surface area contributed by atoms with Gasteiger partial charge in [-0.05, 0) is 30.5 Å². The summed E-state index contributed by atoms with van der Waals surface area (Å²) in [7, 11) is 0. The van der Waals surface area contributed by atoms with E-state index in [1.54, 1.807) is 17.0 Å². The topological polar surface area (TPSA) is 56.8 Å². The molecule has 5 nitrogen and oxygen atoms in total. The maximum absolute atomic E-state index is 10.6. The van der Waals surface area contributed by atoms with Crippen LogP contribution in [0.25, 0.3) is 0 Å². The van der Waals surface area contributed by atoms with Crippen molar-refractivity contribution >= 4 is 5.69 Å². The Balaban J connectivity index is 1.35. The predicted octanol–water partition coefficient (Wildman–Crippen LogP) is 2.40. The predicted molar refractivity (Wildman–Crippen MR) is 92.4 cm³/mol. The Morgan fingerprint density at radius 3 is 2.54 bits per heavy atom. The largest absolute Gasteiger partial charge is 0.494 e. The van der Waals surface area contributed by atoms with E-state index in [0.29, 0.717) is 12.4 Å². The van der Waals surface area contributed by atoms with Gasteiger partial charge >= 0.3 is 0 Å². The van der Waals surface area contributed by atoms with E-state index in [4.69, 9.17) is 4.74 Å². The highest BCUT2D eigenvalue weighted by molar-refractivity contribution is 5.35. The first-order valence-electron chi connectivity index (χ1n) is 8.50. The van der Waals surface area contributed by atoms with Gasteiger partial charge in [0.2, 0.25) is 0 Å². The number of quaternary nitrogens is 1. The van der Waals surface area contributed by atoms with E-state index in [0.717, 1.165) is 25.9 Å². The Hall–Kier alpha value is -2.40. The van der Waals surface area contributed by atoms with Crippen LogP contribution in [0.1, 0.15) is 24.0 Å². The van der Waals surface area contributed by atoms with Gasteiger partial charge in [-0.25, -0.2) is 0 Å². The quantitative estimate of drug-likeness (QED) is 0.483. The molecule has 0 radical (unpaired) electrons. The summed E-state index contributed by atoms with van der Waals surface area (Å²) >= 11 is 0. The number of nitrogens with zero attached hydrogens (tertiary/aromatic N) is 1. The van der Waals surface area contributed by atoms with Crippen LogP contribution in [0.4, 0.5) is 5.69 Å². The number of nitrogens with one attached hydrogen (secondary N) is 1. The molecule has 0 spiro atoms. The molecule has 2 aromatic rings. The van der Waals surface area contributed by atoms with E-state index in [2.05, 4.69) is 24.3 Å². The number of hydrogen-bond donors (Lipinski definition) is 1. The van der Waals surface area contributed by atoms with Crippen molar-refractivity contribution < 1.29 is 14.6 Å². The number of ether oxygens (including phenoxy) is 1. The zero-order chi connectivity index (χ0) is 16.8. The smallest absolute Gasteiger partial charge is 0.269 e. The highest BCUT2D eigenvalue weighted by atomic mass is 16.6. The molecule has 0 bridgehead atoms. The van der Waals surface area contributed by atoms with Crippen LogP contribution in [-0.2, 0) is 13.0 Å². The lowest BCUT2D eigenvalue weighted by atomic mass is 10.00. The highest BCUT2D eigenvalue weighted by Crippen LogP contribution is 2.17. The van der Waals surface area contributed by atoms with Crippen molar-refractivity contribution in [3.8, 4) is 5.75 Å². The van der Waals surface area contributed by atoms with Gasteiger partial charge in [0.25, 0.3) is 5.69 Å². The van der Waals surface area contributed by atoms with Crippen molar-refractivity contribution in [2.45, 2.75) is 25.8 Å². The molecule has 126 valence electrons. The number of rotatable bonds is 7. The number of nitro benzene ring substituents is 1. The molecule has 1 heterocycles. The zero-order valence-corrected chi connectivity index (χ0v) is 13.7. The first kappa shape index (κ1) is 16.5. The second-order valence-electron chi connectivity index (χ2n) is 6.25. The van der Waals surface area contributed by atoms with Crippen LogP contribution in [0, 0.1) is 10.1 Å². The molecule has 0 saturated heterocycles. The van der Waals surface area contributed by atoms with Gasteiger partial charge in [0.1, 0.15) is 12.3 Å². The average molecular weight is 327 g/mol. The Morgan fingerprint density at radius 1 is 1.04 bits per heavy atom. The van der Waals surface area contributed by atoms with Gasteiger partial charge in [-0.1, -0.05) is 24.3 Å². The van der Waals surface area contributed by atoms with Gasteiger partial charge in [-0.15, -0.1) is 0 Å². The number of hydrogen-bond acceptors (Lipinski definition) is 3. The van der Waals surface area contributed by atoms with Crippen LogP contribution >= 0.6 is 0 Å². The lowest BCUT2D eigenvalue weighted by molar-refractivity contribution is -0.916. The molecule has 3 rings (SSSR count). The van der Waals surface area contributed by atoms with E-state index in [-0.39, 0.29) is 5.69 Å². The molecule has 1 unspecified atom stereocenters. The lowest BCUT2D eigenvalue weighted by Gasteiger charge is -2.25. The normalized spacial score (nSPS) is 16.4. The van der Waals surface area contributed by atoms with E-state index in [1.807, 2.05) is 0 Å². The van der Waals surface area contributed by atoms with Gasteiger partial charge in [0.05, 0.1) is 24.6 Å². The van der Waals surface area contributed by atoms with Crippen molar-refractivity contribution in [1.82, 2.24) is 0 Å². The Morgan fingerprint density at radius 2 is 1.79 bits per heavy atom. The van der Waals surface area contributed by atoms with E-state index in [1.165, 1.54) is 36.2 Å². The van der Waals surface area contributed by atoms with Crippen molar-refractivity contribution in [3.05, 3.63) is 69.8 Å². The summed E-state index contributed by atoms with van der Waals surface area (Å²) < 4.78 is 5.65. The van der Waals surface area contributed by atoms with Gasteiger partial charge in [0, 0.05) is 24.1 Å². The fourth-order valence-corrected chi connectivity index (χ4v) is 3.19. The van der Waals surface area contributed by atoms with Crippen molar-refractivity contribution in [2.75, 3.05) is 19.7 Å². The van der Waals surface area contributed by atoms with Crippen molar-refractivity contribution in [3.63, 3.8) is 0 Å². The molecule has 0 aromatic heterocycles. The molecule has 24 heavy (non-hydrogen) atoms. The van der Waals surface area contributed by atoms with Crippen LogP contribution in [-0.4, -0.2) is 24.6 Å². The van der Waals surface area contributed by atoms with Crippen LogP contribution in [0.5, 0.6) is 5.75 Å². The van der Waals surface area contributed by atoms with Crippen LogP contribution in [0.15, 0.2) is 48.5 Å². The fourth-order valence-electron chi connectivity index (χ4n) is 3.19. The van der Waals surface area contributed by atoms with Gasteiger partial charge in [0.15, 0.2) is 0 Å². The van der Waals surface area contributed by atoms with Crippen molar-refractivity contribution in [1.29, 1.82) is 0 Å². The SMILES string of the molecule is O=[N+]([O-])c1ccc(OCCCC[NH+]2CCc3ccccc3C2)cc1. The number of fused-ring (bicyclic) bond motifs is 1. The Bertz CT molecular complexity index is 685. The summed E-state index contributed by atoms with van der Waals surface area (Å²) in [5, 5.41) is 10.6. The highest BCUT2D eigenvalue weighted by Gasteiger charge is 2.18. The molecular weight excluding hydrogens is 304 g/mol. The van der Waals surface area contributed by atoms with E-state index in [9.17, 15) is 10.1 Å². The van der Waals surface area contributed by atoms with Crippen molar-refractivity contribution in [2.24, 2.45) is 0 Å². The maximum atomic E-state index is 10.6. The van der Waals surface area contributed by atoms with Gasteiger partial charge in [-0.2, -0.15) is 0 Å². The fraction of sp³-hybridized carbons (Fsp3) is 0.368. The summed E-state index contributed by atoms with van der Waals surface area (Å²) in [6.07, 6.45) is 3.30. The molecule has 1 aliphatic rings. The van der Waals surface area contributed by atoms with Crippen LogP contribution < -0.4 is 9.64 Å². The molecule has 0 fully saturated rings. The number of non-ortho nitro benzene ring substituents is 1. The maximum Gasteiger partial charge on any atom is 0.269 e. The molecule has 1 atom stereocenters. The summed E-state index contributed by atoms with van der Waals surface area (Å²) in [5.74, 6) is 0.694. The summed E-state index contributed by atoms with van der Waals surface area (Å²) in [5.41, 5.74) is 3.08. The monoisotopic (exact) mass is 327 g/mol. The van der Waals surface area contributed by atoms with Gasteiger partial charge < -0.3 is 9.64 Å². The summed E-state index contributed by atoms with van der Waals surface area (Å²) in [6, 6.07) is 15.0. The van der Waals surface area contributed by atoms with Crippen LogP contribution in [0.3, 0.4) is 0 Å². The molecule has 1 aliphatic heterocycles. The molecule has 0 saturated carbocycles. The second-order valence-corrected chi connectivity index (χ2v) is 6.25. The molecule has 0 amide bonds. The van der Waals surface area contributed by atoms with Crippen LogP contribution in [0.2, 0.25) is 0 Å². The number of unbranched alkanes of at least 4 members (excludes halogenated alkanes) is 1. The van der Waals surface area contributed by atoms with Gasteiger partial charge in [-0.3, -0.25) is 10.1 Å². The molecule has 1 N–H and O–H groups in total. The van der Waals surface area contributed by atoms with E-state index >= 15 is 0 Å². The molecule has 5 heteroatoms. The zero-order valence-electron chi connectivity index (χ0n) is 13.7. The standard InChI is InChI=1S/C19H22N2O3/c22-21(23)18-7-9-19(10-8-18)24-14-4-3-12-20-13-11-16-5-1-2-6-17(16)15-20/h1-2,5-10H,3-4,11-15H2/p+1. The number of nitro groups is 1. The van der Waals surface area contributed by atoms with E-state index < -0.39 is 4.92 Å². The first-order chi connectivity index (χ1) is 11.7. The summed E-state index contributed by atoms with van der Waals surface area (Å²) in [6.45, 7) is 4.15.